The van der Waals surface area contributed by atoms with Gasteiger partial charge < -0.3 is 14.8 Å². The Bertz CT molecular complexity index is 1360. The number of likely N-dealkylation sites (N-methyl/N-ethyl adjacent to an activating group) is 1. The zero-order chi connectivity index (χ0) is 24.1. The molecule has 0 saturated carbocycles. The molecule has 34 heavy (non-hydrogen) atoms. The maximum absolute atomic E-state index is 13.0. The van der Waals surface area contributed by atoms with E-state index in [1.807, 2.05) is 42.1 Å². The minimum Gasteiger partial charge on any atom is -0.346 e. The van der Waals surface area contributed by atoms with Gasteiger partial charge in [0.05, 0.1) is 17.4 Å². The van der Waals surface area contributed by atoms with Crippen LogP contribution in [0.5, 0.6) is 0 Å². The number of aromatic nitrogens is 1. The maximum Gasteiger partial charge on any atom is 0.248 e. The molecule has 1 N–H and O–H groups in total. The van der Waals surface area contributed by atoms with E-state index < -0.39 is 10.0 Å². The van der Waals surface area contributed by atoms with Crippen molar-refractivity contribution >= 4 is 38.6 Å². The van der Waals surface area contributed by atoms with E-state index in [2.05, 4.69) is 16.3 Å². The van der Waals surface area contributed by atoms with Crippen molar-refractivity contribution in [3.63, 3.8) is 0 Å². The number of nitrogens with one attached hydrogen (secondary N) is 1. The Kier molecular flexibility index (Phi) is 7.12. The summed E-state index contributed by atoms with van der Waals surface area (Å²) < 4.78 is 29.5. The molecule has 0 radical (unpaired) electrons. The number of hydrogen-bond acceptors (Lipinski definition) is 5. The van der Waals surface area contributed by atoms with Gasteiger partial charge in [0.2, 0.25) is 15.9 Å². The first-order valence-corrected chi connectivity index (χ1v) is 12.5. The van der Waals surface area contributed by atoms with Crippen LogP contribution in [0.4, 0.5) is 5.69 Å². The molecular formula is C25H27N5O3S. The number of para-hydroxylation sites is 1. The van der Waals surface area contributed by atoms with Crippen LogP contribution in [0.1, 0.15) is 12.0 Å². The van der Waals surface area contributed by atoms with Crippen molar-refractivity contribution in [1.82, 2.24) is 13.8 Å². The zero-order valence-electron chi connectivity index (χ0n) is 19.0. The van der Waals surface area contributed by atoms with Crippen LogP contribution in [0, 0.1) is 11.3 Å². The number of fused-ring (bicyclic) bond motifs is 1. The monoisotopic (exact) mass is 477 g/mol. The molecule has 0 unspecified atom stereocenters. The third kappa shape index (κ3) is 5.20. The van der Waals surface area contributed by atoms with Crippen LogP contribution in [0.25, 0.3) is 17.0 Å². The summed E-state index contributed by atoms with van der Waals surface area (Å²) in [7, 11) is -1.65. The molecule has 2 heterocycles. The van der Waals surface area contributed by atoms with Gasteiger partial charge in [-0.2, -0.15) is 9.57 Å². The highest BCUT2D eigenvalue weighted by Gasteiger charge is 2.27. The van der Waals surface area contributed by atoms with Crippen LogP contribution in [-0.2, 0) is 21.4 Å². The maximum atomic E-state index is 13.0. The van der Waals surface area contributed by atoms with E-state index in [9.17, 15) is 13.2 Å². The molecule has 0 aliphatic carbocycles. The molecule has 1 aromatic heterocycles. The third-order valence-electron chi connectivity index (χ3n) is 5.90. The SMILES string of the molecule is CN1CCN(S(=O)(=O)c2cccc(NC(=O)/C=C/c3cn(CCC#N)c4ccccc34)c2)CC1. The van der Waals surface area contributed by atoms with Crippen molar-refractivity contribution in [2.75, 3.05) is 38.5 Å². The lowest BCUT2D eigenvalue weighted by molar-refractivity contribution is -0.111. The second-order valence-electron chi connectivity index (χ2n) is 8.26. The number of anilines is 1. The molecule has 0 atom stereocenters. The van der Waals surface area contributed by atoms with Crippen LogP contribution in [-0.4, -0.2) is 61.3 Å². The molecule has 1 aliphatic rings. The van der Waals surface area contributed by atoms with E-state index in [0.717, 1.165) is 16.5 Å². The summed E-state index contributed by atoms with van der Waals surface area (Å²) in [6, 6.07) is 16.3. The minimum absolute atomic E-state index is 0.166. The van der Waals surface area contributed by atoms with Crippen LogP contribution in [0.2, 0.25) is 0 Å². The minimum atomic E-state index is -3.62. The molecule has 1 saturated heterocycles. The van der Waals surface area contributed by atoms with Crippen LogP contribution in [0.3, 0.4) is 0 Å². The van der Waals surface area contributed by atoms with Gasteiger partial charge in [-0.15, -0.1) is 0 Å². The molecule has 0 spiro atoms. The first kappa shape index (κ1) is 23.7. The highest BCUT2D eigenvalue weighted by molar-refractivity contribution is 7.89. The number of nitrogens with zero attached hydrogens (tertiary/aromatic N) is 4. The highest BCUT2D eigenvalue weighted by Crippen LogP contribution is 2.24. The predicted molar refractivity (Wildman–Crippen MR) is 133 cm³/mol. The number of aryl methyl sites for hydroxylation is 1. The lowest BCUT2D eigenvalue weighted by Crippen LogP contribution is -2.47. The topological polar surface area (TPSA) is 98.4 Å². The largest absolute Gasteiger partial charge is 0.346 e. The first-order chi connectivity index (χ1) is 16.4. The number of benzene rings is 2. The summed E-state index contributed by atoms with van der Waals surface area (Å²) in [4.78, 5) is 14.8. The Morgan fingerprint density at radius 3 is 2.65 bits per heavy atom. The second kappa shape index (κ2) is 10.2. The smallest absolute Gasteiger partial charge is 0.248 e. The molecule has 1 fully saturated rings. The molecular weight excluding hydrogens is 450 g/mol. The molecule has 3 aromatic rings. The van der Waals surface area contributed by atoms with Gasteiger partial charge >= 0.3 is 0 Å². The van der Waals surface area contributed by atoms with Crippen molar-refractivity contribution in [3.8, 4) is 6.07 Å². The van der Waals surface area contributed by atoms with Gasteiger partial charge in [0.25, 0.3) is 0 Å². The number of amides is 1. The molecule has 8 nitrogen and oxygen atoms in total. The van der Waals surface area contributed by atoms with Crippen molar-refractivity contribution in [2.24, 2.45) is 0 Å². The van der Waals surface area contributed by atoms with Crippen molar-refractivity contribution in [3.05, 3.63) is 66.4 Å². The number of nitriles is 1. The van der Waals surface area contributed by atoms with Gasteiger partial charge in [-0.3, -0.25) is 4.79 Å². The average Bonchev–Trinajstić information content (AvgIpc) is 3.19. The van der Waals surface area contributed by atoms with E-state index in [1.54, 1.807) is 24.3 Å². The molecule has 9 heteroatoms. The summed E-state index contributed by atoms with van der Waals surface area (Å²) in [6.45, 7) is 2.84. The summed E-state index contributed by atoms with van der Waals surface area (Å²) in [5, 5.41) is 12.7. The van der Waals surface area contributed by atoms with Gasteiger partial charge in [-0.25, -0.2) is 8.42 Å². The van der Waals surface area contributed by atoms with E-state index in [0.29, 0.717) is 44.8 Å². The van der Waals surface area contributed by atoms with Crippen molar-refractivity contribution in [1.29, 1.82) is 5.26 Å². The van der Waals surface area contributed by atoms with E-state index >= 15 is 0 Å². The predicted octanol–water partition coefficient (Wildman–Crippen LogP) is 3.14. The standard InChI is InChI=1S/C25H27N5O3S/c1-28-14-16-30(17-15-28)34(32,33)22-7-4-6-21(18-22)27-25(31)11-10-20-19-29(13-5-12-26)24-9-3-2-8-23(20)24/h2-4,6-11,18-19H,5,13-17H2,1H3,(H,27,31)/b11-10+. The lowest BCUT2D eigenvalue weighted by atomic mass is 10.1. The van der Waals surface area contributed by atoms with Gasteiger partial charge in [0.15, 0.2) is 0 Å². The Morgan fingerprint density at radius 1 is 1.12 bits per heavy atom. The highest BCUT2D eigenvalue weighted by atomic mass is 32.2. The Balaban J connectivity index is 1.48. The number of carbonyl (C=O) groups excluding carboxylic acids is 1. The molecule has 2 aromatic carbocycles. The number of sulfonamides is 1. The third-order valence-corrected chi connectivity index (χ3v) is 7.79. The summed E-state index contributed by atoms with van der Waals surface area (Å²) in [6.07, 6.45) is 5.48. The Labute approximate surface area is 199 Å². The lowest BCUT2D eigenvalue weighted by Gasteiger charge is -2.31. The number of rotatable bonds is 7. The van der Waals surface area contributed by atoms with Gasteiger partial charge in [-0.05, 0) is 37.4 Å². The van der Waals surface area contributed by atoms with E-state index in [1.165, 1.54) is 16.4 Å². The molecule has 0 bridgehead atoms. The summed E-state index contributed by atoms with van der Waals surface area (Å²) >= 11 is 0. The second-order valence-corrected chi connectivity index (χ2v) is 10.2. The quantitative estimate of drug-likeness (QED) is 0.527. The summed E-state index contributed by atoms with van der Waals surface area (Å²) in [5.41, 5.74) is 2.29. The van der Waals surface area contributed by atoms with Crippen molar-refractivity contribution in [2.45, 2.75) is 17.9 Å². The Morgan fingerprint density at radius 2 is 1.88 bits per heavy atom. The first-order valence-electron chi connectivity index (χ1n) is 11.1. The summed E-state index contributed by atoms with van der Waals surface area (Å²) in [5.74, 6) is -0.358. The van der Waals surface area contributed by atoms with E-state index in [4.69, 9.17) is 5.26 Å². The molecule has 4 rings (SSSR count). The number of piperazine rings is 1. The fourth-order valence-electron chi connectivity index (χ4n) is 4.02. The number of hydrogen-bond donors (Lipinski definition) is 1. The van der Waals surface area contributed by atoms with Gasteiger partial charge in [0, 0.05) is 67.2 Å². The average molecular weight is 478 g/mol. The normalized spacial score (nSPS) is 15.5. The van der Waals surface area contributed by atoms with Gasteiger partial charge in [0.1, 0.15) is 0 Å². The molecule has 1 amide bonds. The molecule has 1 aliphatic heterocycles. The molecule has 176 valence electrons. The zero-order valence-corrected chi connectivity index (χ0v) is 19.8. The van der Waals surface area contributed by atoms with Crippen LogP contribution >= 0.6 is 0 Å². The van der Waals surface area contributed by atoms with Gasteiger partial charge in [-0.1, -0.05) is 24.3 Å². The number of carbonyl (C=O) groups is 1. The van der Waals surface area contributed by atoms with Crippen LogP contribution < -0.4 is 5.32 Å². The fourth-order valence-corrected chi connectivity index (χ4v) is 5.49. The fraction of sp³-hybridized carbons (Fsp3) is 0.280. The van der Waals surface area contributed by atoms with E-state index in [-0.39, 0.29) is 10.8 Å². The Hall–Kier alpha value is -3.45. The van der Waals surface area contributed by atoms with Crippen LogP contribution in [0.15, 0.2) is 65.7 Å². The van der Waals surface area contributed by atoms with Crippen molar-refractivity contribution < 1.29 is 13.2 Å².